The lowest BCUT2D eigenvalue weighted by Gasteiger charge is -2.29. The number of fused-ring (bicyclic) bond motifs is 5. The standard InChI is InChI=1S/C31H30NS/c1-17-23-7-3-5-19-6-4-8-24(28(19)23)31-27(17)30-29-21(11-12-32(30)2)15-22(16-26(29)33-31)25-14-18-9-10-20(25)13-18/h3,5,7,11-12,15-16,18,20,25H,4,6,8-10,13-14H2,1-2H3/q+1. The summed E-state index contributed by atoms with van der Waals surface area (Å²) in [6, 6.07) is 14.5. The molecule has 3 aromatic carbocycles. The van der Waals surface area contributed by atoms with Crippen LogP contribution in [-0.4, -0.2) is 0 Å². The van der Waals surface area contributed by atoms with Gasteiger partial charge in [0.25, 0.3) is 0 Å². The van der Waals surface area contributed by atoms with Crippen molar-refractivity contribution in [1.29, 1.82) is 0 Å². The smallest absolute Gasteiger partial charge is 0.200 e. The molecule has 1 nitrogen and oxygen atoms in total. The Balaban J connectivity index is 1.44. The summed E-state index contributed by atoms with van der Waals surface area (Å²) in [4.78, 5) is 3.05. The molecule has 0 amide bonds. The first-order valence-electron chi connectivity index (χ1n) is 12.9. The van der Waals surface area contributed by atoms with Crippen molar-refractivity contribution in [3.8, 4) is 11.3 Å². The Bertz CT molecular complexity index is 1510. The highest BCUT2D eigenvalue weighted by Crippen LogP contribution is 2.56. The number of rotatable bonds is 1. The summed E-state index contributed by atoms with van der Waals surface area (Å²) in [5, 5.41) is 5.96. The molecule has 0 N–H and O–H groups in total. The molecule has 0 radical (unpaired) electrons. The van der Waals surface area contributed by atoms with Crippen LogP contribution in [0.4, 0.5) is 0 Å². The maximum absolute atomic E-state index is 2.60. The molecule has 164 valence electrons. The quantitative estimate of drug-likeness (QED) is 0.238. The van der Waals surface area contributed by atoms with Gasteiger partial charge >= 0.3 is 0 Å². The van der Waals surface area contributed by atoms with Gasteiger partial charge in [-0.15, -0.1) is 0 Å². The fourth-order valence-electron chi connectivity index (χ4n) is 7.98. The van der Waals surface area contributed by atoms with Crippen LogP contribution in [-0.2, 0) is 19.9 Å². The highest BCUT2D eigenvalue weighted by Gasteiger charge is 2.41. The van der Waals surface area contributed by atoms with Gasteiger partial charge in [-0.25, -0.2) is 4.57 Å². The topological polar surface area (TPSA) is 3.88 Å². The average molecular weight is 449 g/mol. The summed E-state index contributed by atoms with van der Waals surface area (Å²) < 4.78 is 2.39. The van der Waals surface area contributed by atoms with Crippen LogP contribution in [0, 0.1) is 18.8 Å². The lowest BCUT2D eigenvalue weighted by atomic mass is 9.81. The monoisotopic (exact) mass is 448 g/mol. The van der Waals surface area contributed by atoms with E-state index in [-0.39, 0.29) is 0 Å². The zero-order valence-electron chi connectivity index (χ0n) is 19.6. The second kappa shape index (κ2) is 6.63. The first-order valence-corrected chi connectivity index (χ1v) is 13.7. The van der Waals surface area contributed by atoms with Crippen molar-refractivity contribution in [2.45, 2.75) is 67.6 Å². The van der Waals surface area contributed by atoms with E-state index in [0.29, 0.717) is 0 Å². The zero-order valence-corrected chi connectivity index (χ0v) is 20.4. The van der Waals surface area contributed by atoms with E-state index >= 15 is 0 Å². The van der Waals surface area contributed by atoms with Gasteiger partial charge in [-0.05, 0) is 108 Å². The molecule has 1 aromatic heterocycles. The third kappa shape index (κ3) is 2.48. The van der Waals surface area contributed by atoms with Crippen molar-refractivity contribution in [2.75, 3.05) is 0 Å². The Morgan fingerprint density at radius 3 is 2.79 bits per heavy atom. The Morgan fingerprint density at radius 1 is 1.00 bits per heavy atom. The van der Waals surface area contributed by atoms with Gasteiger partial charge in [0.05, 0.1) is 10.9 Å². The Labute approximate surface area is 200 Å². The molecular formula is C31H30NS+. The minimum atomic E-state index is 0.784. The summed E-state index contributed by atoms with van der Waals surface area (Å²) in [5.41, 5.74) is 9.19. The van der Waals surface area contributed by atoms with E-state index in [1.165, 1.54) is 82.8 Å². The predicted molar refractivity (Wildman–Crippen MR) is 137 cm³/mol. The van der Waals surface area contributed by atoms with Crippen molar-refractivity contribution in [3.05, 3.63) is 64.8 Å². The van der Waals surface area contributed by atoms with E-state index in [9.17, 15) is 0 Å². The van der Waals surface area contributed by atoms with Gasteiger partial charge in [0.2, 0.25) is 5.69 Å². The van der Waals surface area contributed by atoms with Crippen LogP contribution in [0.15, 0.2) is 52.4 Å². The number of benzene rings is 3. The van der Waals surface area contributed by atoms with Crippen molar-refractivity contribution >= 4 is 33.3 Å². The molecule has 3 atom stereocenters. The zero-order chi connectivity index (χ0) is 21.8. The van der Waals surface area contributed by atoms with E-state index < -0.39 is 0 Å². The van der Waals surface area contributed by atoms with Crippen LogP contribution in [0.5, 0.6) is 0 Å². The number of hydrogen-bond donors (Lipinski definition) is 0. The highest BCUT2D eigenvalue weighted by atomic mass is 32.2. The molecule has 33 heavy (non-hydrogen) atoms. The average Bonchev–Trinajstić information content (AvgIpc) is 3.48. The number of nitrogens with zero attached hydrogens (tertiary/aromatic N) is 1. The second-order valence-electron chi connectivity index (χ2n) is 11.1. The van der Waals surface area contributed by atoms with Crippen molar-refractivity contribution in [1.82, 2.24) is 0 Å². The molecule has 4 aromatic rings. The summed E-state index contributed by atoms with van der Waals surface area (Å²) in [7, 11) is 2.24. The van der Waals surface area contributed by atoms with Crippen LogP contribution < -0.4 is 4.57 Å². The molecule has 2 heterocycles. The van der Waals surface area contributed by atoms with Crippen molar-refractivity contribution < 1.29 is 4.57 Å². The maximum Gasteiger partial charge on any atom is 0.222 e. The Kier molecular flexibility index (Phi) is 3.82. The van der Waals surface area contributed by atoms with Gasteiger partial charge in [0.1, 0.15) is 7.05 Å². The van der Waals surface area contributed by atoms with Gasteiger partial charge < -0.3 is 0 Å². The largest absolute Gasteiger partial charge is 0.222 e. The van der Waals surface area contributed by atoms with Crippen molar-refractivity contribution in [3.63, 3.8) is 0 Å². The molecular weight excluding hydrogens is 418 g/mol. The third-order valence-corrected chi connectivity index (χ3v) is 10.6. The minimum absolute atomic E-state index is 0.784. The van der Waals surface area contributed by atoms with E-state index in [4.69, 9.17) is 0 Å². The van der Waals surface area contributed by atoms with E-state index in [0.717, 1.165) is 17.8 Å². The third-order valence-electron chi connectivity index (χ3n) is 9.44. The first-order chi connectivity index (χ1) is 16.2. The molecule has 2 saturated carbocycles. The number of hydrogen-bond acceptors (Lipinski definition) is 1. The van der Waals surface area contributed by atoms with Gasteiger partial charge in [-0.3, -0.25) is 0 Å². The highest BCUT2D eigenvalue weighted by molar-refractivity contribution is 7.99. The first kappa shape index (κ1) is 19.0. The summed E-state index contributed by atoms with van der Waals surface area (Å²) in [6.07, 6.45) is 11.8. The fraction of sp³-hybridized carbons (Fsp3) is 0.387. The van der Waals surface area contributed by atoms with E-state index in [1.807, 2.05) is 0 Å². The predicted octanol–water partition coefficient (Wildman–Crippen LogP) is 7.65. The molecule has 2 heteroatoms. The molecule has 3 unspecified atom stereocenters. The molecule has 2 bridgehead atoms. The fourth-order valence-corrected chi connectivity index (χ4v) is 9.40. The van der Waals surface area contributed by atoms with Gasteiger partial charge in [-0.1, -0.05) is 42.4 Å². The van der Waals surface area contributed by atoms with Crippen LogP contribution in [0.3, 0.4) is 0 Å². The van der Waals surface area contributed by atoms with Crippen LogP contribution >= 0.6 is 11.8 Å². The maximum atomic E-state index is 2.60. The van der Waals surface area contributed by atoms with Gasteiger partial charge in [0.15, 0.2) is 6.20 Å². The van der Waals surface area contributed by atoms with Gasteiger partial charge in [0, 0.05) is 15.9 Å². The lowest BCUT2D eigenvalue weighted by Crippen LogP contribution is -2.32. The van der Waals surface area contributed by atoms with Crippen LogP contribution in [0.1, 0.15) is 60.3 Å². The molecule has 1 aliphatic heterocycles. The molecule has 2 fully saturated rings. The molecule has 3 aliphatic carbocycles. The Morgan fingerprint density at radius 2 is 1.94 bits per heavy atom. The summed E-state index contributed by atoms with van der Waals surface area (Å²) in [6.45, 7) is 2.37. The summed E-state index contributed by atoms with van der Waals surface area (Å²) in [5.74, 6) is 2.70. The number of aryl methyl sites for hydroxylation is 4. The summed E-state index contributed by atoms with van der Waals surface area (Å²) >= 11 is 2.09. The van der Waals surface area contributed by atoms with E-state index in [2.05, 4.69) is 72.9 Å². The van der Waals surface area contributed by atoms with Gasteiger partial charge in [-0.2, -0.15) is 0 Å². The second-order valence-corrected chi connectivity index (χ2v) is 12.2. The van der Waals surface area contributed by atoms with Crippen molar-refractivity contribution in [2.24, 2.45) is 18.9 Å². The molecule has 0 saturated heterocycles. The van der Waals surface area contributed by atoms with Crippen LogP contribution in [0.2, 0.25) is 0 Å². The van der Waals surface area contributed by atoms with Crippen LogP contribution in [0.25, 0.3) is 32.8 Å². The molecule has 4 aliphatic rings. The number of aromatic nitrogens is 1. The number of pyridine rings is 1. The minimum Gasteiger partial charge on any atom is -0.200 e. The normalized spacial score (nSPS) is 24.6. The SMILES string of the molecule is Cc1c2c(c3c4c(cccc14)CCC3)Sc1cc(C3CC4CCC3C4)cc3cc[n+](C)c-2c13. The lowest BCUT2D eigenvalue weighted by molar-refractivity contribution is -0.659. The molecule has 8 rings (SSSR count). The molecule has 0 spiro atoms. The Hall–Kier alpha value is -2.32. The van der Waals surface area contributed by atoms with E-state index in [1.54, 1.807) is 27.0 Å².